The van der Waals surface area contributed by atoms with Crippen molar-refractivity contribution < 1.29 is 4.74 Å². The summed E-state index contributed by atoms with van der Waals surface area (Å²) in [5.41, 5.74) is 1.32. The van der Waals surface area contributed by atoms with E-state index in [2.05, 4.69) is 43.4 Å². The van der Waals surface area contributed by atoms with Crippen LogP contribution in [0, 0.1) is 0 Å². The first-order valence-electron chi connectivity index (χ1n) is 5.62. The molecule has 4 heteroatoms. The van der Waals surface area contributed by atoms with Gasteiger partial charge in [-0.1, -0.05) is 20.8 Å². The minimum absolute atomic E-state index is 0.147. The van der Waals surface area contributed by atoms with Crippen LogP contribution in [0.1, 0.15) is 38.4 Å². The van der Waals surface area contributed by atoms with Crippen molar-refractivity contribution in [3.05, 3.63) is 16.1 Å². The van der Waals surface area contributed by atoms with Gasteiger partial charge in [0.25, 0.3) is 0 Å². The molecule has 0 fully saturated rings. The van der Waals surface area contributed by atoms with Crippen molar-refractivity contribution in [2.75, 3.05) is 13.7 Å². The Morgan fingerprint density at radius 3 is 2.69 bits per heavy atom. The zero-order valence-electron chi connectivity index (χ0n) is 10.8. The third-order valence-electron chi connectivity index (χ3n) is 2.43. The summed E-state index contributed by atoms with van der Waals surface area (Å²) in [5.74, 6) is 0. The van der Waals surface area contributed by atoms with Crippen LogP contribution in [0.5, 0.6) is 0 Å². The number of aromatic nitrogens is 1. The molecule has 1 aromatic heterocycles. The average Bonchev–Trinajstić information content (AvgIpc) is 2.65. The summed E-state index contributed by atoms with van der Waals surface area (Å²) in [6.45, 7) is 10.3. The van der Waals surface area contributed by atoms with Gasteiger partial charge in [-0.25, -0.2) is 4.98 Å². The molecular weight excluding hydrogens is 220 g/mol. The van der Waals surface area contributed by atoms with Crippen LogP contribution < -0.4 is 5.32 Å². The van der Waals surface area contributed by atoms with Gasteiger partial charge in [0.2, 0.25) is 0 Å². The maximum atomic E-state index is 5.17. The van der Waals surface area contributed by atoms with E-state index in [9.17, 15) is 0 Å². The average molecular weight is 242 g/mol. The molecule has 1 atom stereocenters. The summed E-state index contributed by atoms with van der Waals surface area (Å²) >= 11 is 1.72. The van der Waals surface area contributed by atoms with Crippen LogP contribution in [-0.2, 0) is 16.7 Å². The number of hydrogen-bond donors (Lipinski definition) is 1. The first-order chi connectivity index (χ1) is 7.43. The molecule has 1 unspecified atom stereocenters. The Morgan fingerprint density at radius 2 is 2.19 bits per heavy atom. The fourth-order valence-electron chi connectivity index (χ4n) is 1.20. The Hall–Kier alpha value is -0.450. The van der Waals surface area contributed by atoms with Crippen molar-refractivity contribution in [2.24, 2.45) is 0 Å². The second kappa shape index (κ2) is 5.75. The van der Waals surface area contributed by atoms with Crippen molar-refractivity contribution in [3.63, 3.8) is 0 Å². The van der Waals surface area contributed by atoms with Gasteiger partial charge in [0.1, 0.15) is 5.01 Å². The normalized spacial score (nSPS) is 14.1. The van der Waals surface area contributed by atoms with Crippen LogP contribution in [0.4, 0.5) is 0 Å². The number of hydrogen-bond acceptors (Lipinski definition) is 4. The predicted octanol–water partition coefficient (Wildman–Crippen LogP) is 2.57. The van der Waals surface area contributed by atoms with E-state index < -0.39 is 0 Å². The molecule has 0 bridgehead atoms. The first kappa shape index (κ1) is 13.6. The maximum absolute atomic E-state index is 5.17. The number of nitrogens with one attached hydrogen (secondary N) is 1. The SMILES string of the molecule is COC(C)CNCc1nc(C(C)(C)C)cs1. The number of nitrogens with zero attached hydrogens (tertiary/aromatic N) is 1. The Morgan fingerprint density at radius 1 is 1.50 bits per heavy atom. The van der Waals surface area contributed by atoms with Crippen LogP contribution in [0.2, 0.25) is 0 Å². The number of rotatable bonds is 5. The minimum Gasteiger partial charge on any atom is -0.380 e. The summed E-state index contributed by atoms with van der Waals surface area (Å²) in [7, 11) is 1.73. The summed E-state index contributed by atoms with van der Waals surface area (Å²) in [5, 5.41) is 6.64. The molecule has 1 N–H and O–H groups in total. The summed E-state index contributed by atoms with van der Waals surface area (Å²) in [6.07, 6.45) is 0.252. The molecule has 0 amide bonds. The van der Waals surface area contributed by atoms with Gasteiger partial charge in [-0.2, -0.15) is 0 Å². The van der Waals surface area contributed by atoms with Crippen LogP contribution >= 0.6 is 11.3 Å². The molecule has 3 nitrogen and oxygen atoms in total. The number of thiazole rings is 1. The first-order valence-corrected chi connectivity index (χ1v) is 6.50. The van der Waals surface area contributed by atoms with Crippen molar-refractivity contribution in [3.8, 4) is 0 Å². The molecule has 16 heavy (non-hydrogen) atoms. The zero-order valence-corrected chi connectivity index (χ0v) is 11.6. The van der Waals surface area contributed by atoms with Crippen LogP contribution in [0.3, 0.4) is 0 Å². The number of methoxy groups -OCH3 is 1. The highest BCUT2D eigenvalue weighted by Crippen LogP contribution is 2.23. The lowest BCUT2D eigenvalue weighted by molar-refractivity contribution is 0.117. The number of ether oxygens (including phenoxy) is 1. The Labute approximate surface area is 102 Å². The fourth-order valence-corrected chi connectivity index (χ4v) is 2.19. The zero-order chi connectivity index (χ0) is 12.2. The molecule has 0 aliphatic rings. The van der Waals surface area contributed by atoms with Gasteiger partial charge in [-0.3, -0.25) is 0 Å². The monoisotopic (exact) mass is 242 g/mol. The van der Waals surface area contributed by atoms with Crippen molar-refractivity contribution in [1.82, 2.24) is 10.3 Å². The van der Waals surface area contributed by atoms with E-state index in [4.69, 9.17) is 4.74 Å². The molecule has 0 aliphatic heterocycles. The van der Waals surface area contributed by atoms with E-state index in [-0.39, 0.29) is 11.5 Å². The Bertz CT molecular complexity index is 317. The molecule has 0 radical (unpaired) electrons. The molecule has 1 rings (SSSR count). The quantitative estimate of drug-likeness (QED) is 0.861. The molecule has 1 heterocycles. The standard InChI is InChI=1S/C12H22N2OS/c1-9(15-5)6-13-7-11-14-10(8-16-11)12(2,3)4/h8-9,13H,6-7H2,1-5H3. The van der Waals surface area contributed by atoms with Crippen molar-refractivity contribution in [2.45, 2.75) is 45.8 Å². The fraction of sp³-hybridized carbons (Fsp3) is 0.750. The lowest BCUT2D eigenvalue weighted by atomic mass is 9.93. The largest absolute Gasteiger partial charge is 0.380 e. The minimum atomic E-state index is 0.147. The maximum Gasteiger partial charge on any atom is 0.107 e. The molecule has 0 aliphatic carbocycles. The predicted molar refractivity (Wildman–Crippen MR) is 69.0 cm³/mol. The molecule has 92 valence electrons. The topological polar surface area (TPSA) is 34.1 Å². The van der Waals surface area contributed by atoms with Crippen LogP contribution in [0.25, 0.3) is 0 Å². The lowest BCUT2D eigenvalue weighted by Gasteiger charge is -2.14. The molecular formula is C12H22N2OS. The smallest absolute Gasteiger partial charge is 0.107 e. The summed E-state index contributed by atoms with van der Waals surface area (Å²) < 4.78 is 5.17. The van der Waals surface area contributed by atoms with Crippen LogP contribution in [-0.4, -0.2) is 24.7 Å². The van der Waals surface area contributed by atoms with E-state index in [1.165, 1.54) is 5.69 Å². The third-order valence-corrected chi connectivity index (χ3v) is 3.28. The van der Waals surface area contributed by atoms with Gasteiger partial charge >= 0.3 is 0 Å². The third kappa shape index (κ3) is 4.20. The van der Waals surface area contributed by atoms with Crippen molar-refractivity contribution >= 4 is 11.3 Å². The van der Waals surface area contributed by atoms with Gasteiger partial charge in [0.05, 0.1) is 11.8 Å². The summed E-state index contributed by atoms with van der Waals surface area (Å²) in [6, 6.07) is 0. The van der Waals surface area contributed by atoms with E-state index in [0.717, 1.165) is 18.1 Å². The highest BCUT2D eigenvalue weighted by Gasteiger charge is 2.17. The second-order valence-electron chi connectivity index (χ2n) is 5.05. The van der Waals surface area contributed by atoms with Crippen LogP contribution in [0.15, 0.2) is 5.38 Å². The molecule has 0 saturated carbocycles. The highest BCUT2D eigenvalue weighted by atomic mass is 32.1. The van der Waals surface area contributed by atoms with Gasteiger partial charge in [0.15, 0.2) is 0 Å². The van der Waals surface area contributed by atoms with Crippen molar-refractivity contribution in [1.29, 1.82) is 0 Å². The van der Waals surface area contributed by atoms with E-state index >= 15 is 0 Å². The Balaban J connectivity index is 2.41. The highest BCUT2D eigenvalue weighted by molar-refractivity contribution is 7.09. The van der Waals surface area contributed by atoms with Gasteiger partial charge in [-0.05, 0) is 6.92 Å². The molecule has 0 spiro atoms. The van der Waals surface area contributed by atoms with E-state index in [0.29, 0.717) is 0 Å². The van der Waals surface area contributed by atoms with E-state index in [1.807, 2.05) is 0 Å². The molecule has 1 aromatic rings. The van der Waals surface area contributed by atoms with Gasteiger partial charge in [-0.15, -0.1) is 11.3 Å². The van der Waals surface area contributed by atoms with Gasteiger partial charge < -0.3 is 10.1 Å². The van der Waals surface area contributed by atoms with Gasteiger partial charge in [0, 0.05) is 31.0 Å². The summed E-state index contributed by atoms with van der Waals surface area (Å²) in [4.78, 5) is 4.62. The van der Waals surface area contributed by atoms with E-state index in [1.54, 1.807) is 18.4 Å². The molecule has 0 aromatic carbocycles. The molecule has 0 saturated heterocycles. The Kier molecular flexibility index (Phi) is 4.89. The lowest BCUT2D eigenvalue weighted by Crippen LogP contribution is -2.25. The second-order valence-corrected chi connectivity index (χ2v) is 6.00.